The number of hydrogen-bond donors (Lipinski definition) is 4. The smallest absolute Gasteiger partial charge is 0.197 e. The maximum Gasteiger partial charge on any atom is 0.197 e. The Morgan fingerprint density at radius 1 is 1.12 bits per heavy atom. The lowest BCUT2D eigenvalue weighted by atomic mass is 9.92. The summed E-state index contributed by atoms with van der Waals surface area (Å²) in [5, 5.41) is 41.1. The van der Waals surface area contributed by atoms with E-state index in [2.05, 4.69) is 0 Å². The molecule has 7 nitrogen and oxygen atoms in total. The molecule has 1 aliphatic heterocycles. The van der Waals surface area contributed by atoms with Gasteiger partial charge in [-0.2, -0.15) is 0 Å². The summed E-state index contributed by atoms with van der Waals surface area (Å²) in [6.45, 7) is 7.09. The van der Waals surface area contributed by atoms with E-state index >= 15 is 0 Å². The van der Waals surface area contributed by atoms with Crippen LogP contribution < -0.4 is 10.2 Å². The highest BCUT2D eigenvalue weighted by Crippen LogP contribution is 2.45. The molecule has 2 aromatic carbocycles. The molecule has 2 unspecified atom stereocenters. The number of fused-ring (bicyclic) bond motifs is 2. The van der Waals surface area contributed by atoms with E-state index in [1.54, 1.807) is 19.9 Å². The van der Waals surface area contributed by atoms with Crippen LogP contribution >= 0.6 is 0 Å². The van der Waals surface area contributed by atoms with Crippen molar-refractivity contribution >= 4 is 11.0 Å². The van der Waals surface area contributed by atoms with Crippen molar-refractivity contribution in [2.24, 2.45) is 0 Å². The molecule has 0 saturated heterocycles. The van der Waals surface area contributed by atoms with Crippen molar-refractivity contribution in [1.29, 1.82) is 0 Å². The molecule has 7 heteroatoms. The van der Waals surface area contributed by atoms with Gasteiger partial charge in [-0.25, -0.2) is 0 Å². The van der Waals surface area contributed by atoms with Crippen LogP contribution in [0, 0.1) is 0 Å². The Bertz CT molecular complexity index is 1290. The minimum absolute atomic E-state index is 0.0251. The zero-order valence-electron chi connectivity index (χ0n) is 18.3. The number of allylic oxidation sites excluding steroid dienone is 2. The van der Waals surface area contributed by atoms with Gasteiger partial charge in [0.05, 0.1) is 5.60 Å². The highest BCUT2D eigenvalue weighted by atomic mass is 16.5. The van der Waals surface area contributed by atoms with Crippen LogP contribution in [0.25, 0.3) is 22.3 Å². The molecule has 0 saturated carbocycles. The normalized spacial score (nSPS) is 17.8. The molecular formula is C25H26O7. The van der Waals surface area contributed by atoms with Gasteiger partial charge in [0, 0.05) is 29.3 Å². The van der Waals surface area contributed by atoms with E-state index in [1.807, 2.05) is 26.0 Å². The number of ether oxygens (including phenoxy) is 1. The lowest BCUT2D eigenvalue weighted by Gasteiger charge is -2.27. The molecule has 1 aromatic heterocycles. The van der Waals surface area contributed by atoms with Gasteiger partial charge in [-0.1, -0.05) is 11.6 Å². The lowest BCUT2D eigenvalue weighted by molar-refractivity contribution is -0.0764. The number of hydrogen-bond acceptors (Lipinski definition) is 7. The third-order valence-electron chi connectivity index (χ3n) is 5.55. The summed E-state index contributed by atoms with van der Waals surface area (Å²) in [7, 11) is 0. The Hall–Kier alpha value is -3.29. The second-order valence-electron chi connectivity index (χ2n) is 8.99. The van der Waals surface area contributed by atoms with E-state index in [0.29, 0.717) is 23.3 Å². The molecule has 4 N–H and O–H groups in total. The van der Waals surface area contributed by atoms with Gasteiger partial charge < -0.3 is 29.6 Å². The van der Waals surface area contributed by atoms with Gasteiger partial charge in [0.25, 0.3) is 0 Å². The fourth-order valence-corrected chi connectivity index (χ4v) is 3.97. The van der Waals surface area contributed by atoms with Crippen molar-refractivity contribution in [1.82, 2.24) is 0 Å². The summed E-state index contributed by atoms with van der Waals surface area (Å²) in [6.07, 6.45) is 0.605. The maximum absolute atomic E-state index is 12.7. The van der Waals surface area contributed by atoms with Crippen LogP contribution in [-0.4, -0.2) is 32.1 Å². The first kappa shape index (κ1) is 21.9. The van der Waals surface area contributed by atoms with E-state index in [-0.39, 0.29) is 28.2 Å². The van der Waals surface area contributed by atoms with Crippen molar-refractivity contribution in [3.8, 4) is 28.6 Å². The predicted octanol–water partition coefficient (Wildman–Crippen LogP) is 3.95. The first-order chi connectivity index (χ1) is 15.0. The Kier molecular flexibility index (Phi) is 5.27. The molecule has 0 amide bonds. The molecular weight excluding hydrogens is 412 g/mol. The summed E-state index contributed by atoms with van der Waals surface area (Å²) in [5.74, 6) is 0.123. The van der Waals surface area contributed by atoms with Crippen LogP contribution in [-0.2, 0) is 6.42 Å². The Morgan fingerprint density at radius 3 is 2.50 bits per heavy atom. The fraction of sp³-hybridized carbons (Fsp3) is 0.320. The lowest BCUT2D eigenvalue weighted by Crippen LogP contribution is -2.41. The molecule has 0 spiro atoms. The monoisotopic (exact) mass is 438 g/mol. The standard InChI is InChI=1S/C25H26O7/c1-12(2)5-6-13-7-14(8-16-22(29)24(25(3,4)30)32-23(13)16)19-11-18(28)21-17(27)9-15(26)10-20(21)31-19/h5,7-11,22,24,26-27,29-30H,6H2,1-4H3. The van der Waals surface area contributed by atoms with Crippen LogP contribution in [0.2, 0.25) is 0 Å². The predicted molar refractivity (Wildman–Crippen MR) is 120 cm³/mol. The van der Waals surface area contributed by atoms with Gasteiger partial charge in [-0.05, 0) is 51.8 Å². The Balaban J connectivity index is 1.92. The second-order valence-corrected chi connectivity index (χ2v) is 8.99. The molecule has 0 fully saturated rings. The van der Waals surface area contributed by atoms with Crippen molar-refractivity contribution in [3.63, 3.8) is 0 Å². The van der Waals surface area contributed by atoms with E-state index in [0.717, 1.165) is 17.2 Å². The van der Waals surface area contributed by atoms with Crippen LogP contribution in [0.1, 0.15) is 44.9 Å². The summed E-state index contributed by atoms with van der Waals surface area (Å²) < 4.78 is 11.8. The molecule has 4 rings (SSSR count). The van der Waals surface area contributed by atoms with Gasteiger partial charge in [0.2, 0.25) is 0 Å². The molecule has 1 aliphatic rings. The van der Waals surface area contributed by atoms with E-state index in [9.17, 15) is 25.2 Å². The summed E-state index contributed by atoms with van der Waals surface area (Å²) >= 11 is 0. The SMILES string of the molecule is CC(C)=CCc1cc(-c2cc(=O)c3c(O)cc(O)cc3o2)cc2c1OC(C(C)(C)O)C2O. The minimum Gasteiger partial charge on any atom is -0.508 e. The van der Waals surface area contributed by atoms with Gasteiger partial charge in [0.15, 0.2) is 11.5 Å². The number of benzene rings is 2. The summed E-state index contributed by atoms with van der Waals surface area (Å²) in [5.41, 5.74) is 1.20. The first-order valence-electron chi connectivity index (χ1n) is 10.3. The summed E-state index contributed by atoms with van der Waals surface area (Å²) in [4.78, 5) is 12.7. The van der Waals surface area contributed by atoms with Gasteiger partial charge >= 0.3 is 0 Å². The molecule has 2 atom stereocenters. The zero-order valence-corrected chi connectivity index (χ0v) is 18.3. The first-order valence-corrected chi connectivity index (χ1v) is 10.3. The minimum atomic E-state index is -1.28. The highest BCUT2D eigenvalue weighted by Gasteiger charge is 2.43. The number of phenols is 2. The van der Waals surface area contributed by atoms with E-state index < -0.39 is 23.2 Å². The van der Waals surface area contributed by atoms with E-state index in [4.69, 9.17) is 9.15 Å². The highest BCUT2D eigenvalue weighted by molar-refractivity contribution is 5.86. The number of aliphatic hydroxyl groups is 2. The van der Waals surface area contributed by atoms with Gasteiger partial charge in [0.1, 0.15) is 40.1 Å². The Labute approximate surface area is 184 Å². The molecule has 168 valence electrons. The molecule has 0 aliphatic carbocycles. The number of rotatable bonds is 4. The van der Waals surface area contributed by atoms with Gasteiger partial charge in [-0.15, -0.1) is 0 Å². The summed E-state index contributed by atoms with van der Waals surface area (Å²) in [6, 6.07) is 7.09. The third-order valence-corrected chi connectivity index (χ3v) is 5.55. The zero-order chi connectivity index (χ0) is 23.4. The second kappa shape index (κ2) is 7.69. The van der Waals surface area contributed by atoms with Crippen molar-refractivity contribution in [2.75, 3.05) is 0 Å². The van der Waals surface area contributed by atoms with Crippen molar-refractivity contribution in [2.45, 2.75) is 51.9 Å². The molecule has 2 heterocycles. The molecule has 0 radical (unpaired) electrons. The molecule has 32 heavy (non-hydrogen) atoms. The van der Waals surface area contributed by atoms with Crippen LogP contribution in [0.3, 0.4) is 0 Å². The number of aromatic hydroxyl groups is 2. The molecule has 0 bridgehead atoms. The topological polar surface area (TPSA) is 120 Å². The van der Waals surface area contributed by atoms with Crippen LogP contribution in [0.4, 0.5) is 0 Å². The maximum atomic E-state index is 12.7. The van der Waals surface area contributed by atoms with Crippen molar-refractivity contribution in [3.05, 3.63) is 63.3 Å². The third kappa shape index (κ3) is 3.85. The quantitative estimate of drug-likeness (QED) is 0.455. The average Bonchev–Trinajstić information content (AvgIpc) is 3.02. The van der Waals surface area contributed by atoms with Crippen molar-refractivity contribution < 1.29 is 29.6 Å². The number of aliphatic hydroxyl groups excluding tert-OH is 1. The van der Waals surface area contributed by atoms with E-state index in [1.165, 1.54) is 12.1 Å². The van der Waals surface area contributed by atoms with Crippen LogP contribution in [0.5, 0.6) is 17.2 Å². The fourth-order valence-electron chi connectivity index (χ4n) is 3.97. The molecule has 3 aromatic rings. The Morgan fingerprint density at radius 2 is 1.84 bits per heavy atom. The number of phenolic OH excluding ortho intramolecular Hbond substituents is 2. The average molecular weight is 438 g/mol. The van der Waals surface area contributed by atoms with Gasteiger partial charge in [-0.3, -0.25) is 4.79 Å². The van der Waals surface area contributed by atoms with Crippen LogP contribution in [0.15, 0.2) is 51.2 Å². The largest absolute Gasteiger partial charge is 0.508 e.